The van der Waals surface area contributed by atoms with Gasteiger partial charge in [-0.25, -0.2) is 4.98 Å². The summed E-state index contributed by atoms with van der Waals surface area (Å²) in [5.74, 6) is 0.954. The van der Waals surface area contributed by atoms with Gasteiger partial charge in [-0.2, -0.15) is 4.98 Å². The summed E-state index contributed by atoms with van der Waals surface area (Å²) in [6, 6.07) is 1.95. The molecule has 0 aliphatic carbocycles. The molecule has 0 aliphatic heterocycles. The lowest BCUT2D eigenvalue weighted by atomic mass is 10.2. The molecule has 6 heteroatoms. The molecule has 1 unspecified atom stereocenters. The number of aromatic nitrogens is 2. The monoisotopic (exact) mass is 238 g/mol. The predicted octanol–water partition coefficient (Wildman–Crippen LogP) is 1.46. The molecule has 16 heavy (non-hydrogen) atoms. The van der Waals surface area contributed by atoms with Crippen LogP contribution in [0.5, 0.6) is 0 Å². The number of hydrogen-bond donors (Lipinski definition) is 3. The first-order chi connectivity index (χ1) is 7.74. The Labute approximate surface area is 97.3 Å². The van der Waals surface area contributed by atoms with E-state index in [-0.39, 0.29) is 18.6 Å². The molecule has 86 valence electrons. The third-order valence-corrected chi connectivity index (χ3v) is 3.20. The second kappa shape index (κ2) is 4.63. The van der Waals surface area contributed by atoms with Crippen molar-refractivity contribution < 1.29 is 5.11 Å². The van der Waals surface area contributed by atoms with Crippen LogP contribution < -0.4 is 11.1 Å². The van der Waals surface area contributed by atoms with Crippen LogP contribution in [0.1, 0.15) is 13.3 Å². The minimum Gasteiger partial charge on any atom is -0.394 e. The Kier molecular flexibility index (Phi) is 3.21. The van der Waals surface area contributed by atoms with Crippen molar-refractivity contribution in [2.45, 2.75) is 19.4 Å². The van der Waals surface area contributed by atoms with Gasteiger partial charge in [0.25, 0.3) is 0 Å². The van der Waals surface area contributed by atoms with E-state index in [2.05, 4.69) is 15.3 Å². The molecule has 0 aromatic carbocycles. The van der Waals surface area contributed by atoms with Crippen LogP contribution in [0.4, 0.5) is 11.8 Å². The van der Waals surface area contributed by atoms with Crippen molar-refractivity contribution in [3.8, 4) is 0 Å². The zero-order valence-electron chi connectivity index (χ0n) is 8.97. The van der Waals surface area contributed by atoms with E-state index in [4.69, 9.17) is 10.8 Å². The number of aliphatic hydroxyl groups is 1. The van der Waals surface area contributed by atoms with Gasteiger partial charge < -0.3 is 16.2 Å². The lowest BCUT2D eigenvalue weighted by Crippen LogP contribution is -2.23. The fourth-order valence-electron chi connectivity index (χ4n) is 1.45. The van der Waals surface area contributed by atoms with Crippen molar-refractivity contribution in [3.05, 3.63) is 11.4 Å². The van der Waals surface area contributed by atoms with Crippen molar-refractivity contribution >= 4 is 33.3 Å². The molecule has 0 amide bonds. The molecule has 2 rings (SSSR count). The molecule has 0 radical (unpaired) electrons. The first-order valence-electron chi connectivity index (χ1n) is 5.12. The maximum absolute atomic E-state index is 9.14. The van der Waals surface area contributed by atoms with Gasteiger partial charge in [-0.3, -0.25) is 0 Å². The van der Waals surface area contributed by atoms with Gasteiger partial charge in [0.2, 0.25) is 5.95 Å². The number of nitrogens with one attached hydrogen (secondary N) is 1. The van der Waals surface area contributed by atoms with E-state index in [1.165, 1.54) is 11.3 Å². The summed E-state index contributed by atoms with van der Waals surface area (Å²) < 4.78 is 0. The summed E-state index contributed by atoms with van der Waals surface area (Å²) in [5, 5.41) is 15.2. The zero-order chi connectivity index (χ0) is 11.5. The van der Waals surface area contributed by atoms with Crippen molar-refractivity contribution in [2.24, 2.45) is 0 Å². The highest BCUT2D eigenvalue weighted by molar-refractivity contribution is 7.16. The summed E-state index contributed by atoms with van der Waals surface area (Å²) in [4.78, 5) is 9.16. The van der Waals surface area contributed by atoms with E-state index >= 15 is 0 Å². The van der Waals surface area contributed by atoms with Crippen LogP contribution in [-0.2, 0) is 0 Å². The average molecular weight is 238 g/mol. The van der Waals surface area contributed by atoms with Crippen LogP contribution in [0, 0.1) is 0 Å². The third kappa shape index (κ3) is 2.07. The molecular formula is C10H14N4OS. The minimum absolute atomic E-state index is 0.00241. The zero-order valence-corrected chi connectivity index (χ0v) is 9.79. The Morgan fingerprint density at radius 2 is 2.38 bits per heavy atom. The van der Waals surface area contributed by atoms with Crippen molar-refractivity contribution in [3.63, 3.8) is 0 Å². The number of hydrogen-bond acceptors (Lipinski definition) is 6. The normalized spacial score (nSPS) is 12.9. The SMILES string of the molecule is CCC(CO)Nc1nc(N)nc2sccc12. The standard InChI is InChI=1S/C10H14N4OS/c1-2-6(5-15)12-8-7-3-4-16-9(7)14-10(11)13-8/h3-4,6,15H,2,5H2,1H3,(H3,11,12,13,14). The van der Waals surface area contributed by atoms with Crippen LogP contribution in [-0.4, -0.2) is 27.7 Å². The van der Waals surface area contributed by atoms with Crippen LogP contribution in [0.2, 0.25) is 0 Å². The molecule has 2 heterocycles. The Bertz CT molecular complexity index is 481. The van der Waals surface area contributed by atoms with Crippen molar-refractivity contribution in [1.29, 1.82) is 0 Å². The Morgan fingerprint density at radius 3 is 3.06 bits per heavy atom. The first kappa shape index (κ1) is 11.1. The van der Waals surface area contributed by atoms with Gasteiger partial charge in [0.1, 0.15) is 10.6 Å². The molecule has 0 bridgehead atoms. The number of thiophene rings is 1. The molecular weight excluding hydrogens is 224 g/mol. The minimum atomic E-state index is -0.00241. The van der Waals surface area contributed by atoms with Crippen molar-refractivity contribution in [2.75, 3.05) is 17.7 Å². The van der Waals surface area contributed by atoms with Gasteiger partial charge in [0, 0.05) is 0 Å². The molecule has 2 aromatic heterocycles. The number of aliphatic hydroxyl groups excluding tert-OH is 1. The topological polar surface area (TPSA) is 84.1 Å². The fourth-order valence-corrected chi connectivity index (χ4v) is 2.22. The summed E-state index contributed by atoms with van der Waals surface area (Å²) >= 11 is 1.52. The van der Waals surface area contributed by atoms with E-state index in [0.717, 1.165) is 16.6 Å². The van der Waals surface area contributed by atoms with Crippen LogP contribution >= 0.6 is 11.3 Å². The van der Waals surface area contributed by atoms with Crippen molar-refractivity contribution in [1.82, 2.24) is 9.97 Å². The van der Waals surface area contributed by atoms with Gasteiger partial charge in [-0.15, -0.1) is 11.3 Å². The molecule has 0 saturated carbocycles. The second-order valence-corrected chi connectivity index (χ2v) is 4.40. The number of fused-ring (bicyclic) bond motifs is 1. The first-order valence-corrected chi connectivity index (χ1v) is 6.00. The number of rotatable bonds is 4. The molecule has 0 spiro atoms. The molecule has 0 aliphatic rings. The Hall–Kier alpha value is -1.40. The van der Waals surface area contributed by atoms with Crippen LogP contribution in [0.15, 0.2) is 11.4 Å². The molecule has 2 aromatic rings. The van der Waals surface area contributed by atoms with E-state index < -0.39 is 0 Å². The molecule has 5 nitrogen and oxygen atoms in total. The maximum atomic E-state index is 9.14. The Morgan fingerprint density at radius 1 is 1.56 bits per heavy atom. The number of nitrogen functional groups attached to an aromatic ring is 1. The highest BCUT2D eigenvalue weighted by atomic mass is 32.1. The summed E-state index contributed by atoms with van der Waals surface area (Å²) in [7, 11) is 0. The predicted molar refractivity (Wildman–Crippen MR) is 66.6 cm³/mol. The molecule has 0 saturated heterocycles. The Balaban J connectivity index is 2.38. The quantitative estimate of drug-likeness (QED) is 0.751. The largest absolute Gasteiger partial charge is 0.394 e. The number of nitrogens with two attached hydrogens (primary N) is 1. The third-order valence-electron chi connectivity index (χ3n) is 2.40. The highest BCUT2D eigenvalue weighted by Gasteiger charge is 2.10. The van der Waals surface area contributed by atoms with Gasteiger partial charge in [0.05, 0.1) is 18.0 Å². The van der Waals surface area contributed by atoms with Crippen LogP contribution in [0.25, 0.3) is 10.2 Å². The van der Waals surface area contributed by atoms with Gasteiger partial charge in [-0.1, -0.05) is 6.92 Å². The van der Waals surface area contributed by atoms with E-state index in [1.807, 2.05) is 18.4 Å². The van der Waals surface area contributed by atoms with E-state index in [0.29, 0.717) is 5.82 Å². The average Bonchev–Trinajstić information content (AvgIpc) is 2.73. The summed E-state index contributed by atoms with van der Waals surface area (Å²) in [6.07, 6.45) is 0.825. The molecule has 0 fully saturated rings. The molecule has 4 N–H and O–H groups in total. The van der Waals surface area contributed by atoms with Gasteiger partial charge >= 0.3 is 0 Å². The van der Waals surface area contributed by atoms with Gasteiger partial charge in [-0.05, 0) is 17.9 Å². The van der Waals surface area contributed by atoms with Crippen LogP contribution in [0.3, 0.4) is 0 Å². The fraction of sp³-hybridized carbons (Fsp3) is 0.400. The summed E-state index contributed by atoms with van der Waals surface area (Å²) in [5.41, 5.74) is 5.62. The maximum Gasteiger partial charge on any atom is 0.223 e. The van der Waals surface area contributed by atoms with E-state index in [1.54, 1.807) is 0 Å². The van der Waals surface area contributed by atoms with E-state index in [9.17, 15) is 0 Å². The lowest BCUT2D eigenvalue weighted by molar-refractivity contribution is 0.271. The second-order valence-electron chi connectivity index (χ2n) is 3.50. The summed E-state index contributed by atoms with van der Waals surface area (Å²) in [6.45, 7) is 2.08. The highest BCUT2D eigenvalue weighted by Crippen LogP contribution is 2.26. The smallest absolute Gasteiger partial charge is 0.223 e. The number of nitrogens with zero attached hydrogens (tertiary/aromatic N) is 2. The van der Waals surface area contributed by atoms with Gasteiger partial charge in [0.15, 0.2) is 0 Å². The molecule has 1 atom stereocenters. The lowest BCUT2D eigenvalue weighted by Gasteiger charge is -2.15. The number of anilines is 2.